The lowest BCUT2D eigenvalue weighted by Gasteiger charge is -2.31. The third kappa shape index (κ3) is 15.5. The monoisotopic (exact) mass is 903 g/mol. The number of aromatic hydroxyl groups is 3. The summed E-state index contributed by atoms with van der Waals surface area (Å²) in [5.41, 5.74) is 3.86. The van der Waals surface area contributed by atoms with Gasteiger partial charge in [0.2, 0.25) is 0 Å². The molecular formula is C54H78O11. The van der Waals surface area contributed by atoms with Crippen molar-refractivity contribution in [1.82, 2.24) is 0 Å². The minimum absolute atomic E-state index is 0.0164. The Morgan fingerprint density at radius 2 is 0.708 bits per heavy atom. The van der Waals surface area contributed by atoms with Gasteiger partial charge in [-0.05, 0) is 103 Å². The van der Waals surface area contributed by atoms with E-state index in [1.807, 2.05) is 147 Å². The number of rotatable bonds is 18. The van der Waals surface area contributed by atoms with Crippen LogP contribution in [0.5, 0.6) is 17.2 Å². The lowest BCUT2D eigenvalue weighted by molar-refractivity contribution is -0.167. The highest BCUT2D eigenvalue weighted by Gasteiger charge is 2.38. The van der Waals surface area contributed by atoms with Crippen molar-refractivity contribution in [2.45, 2.75) is 176 Å². The zero-order chi connectivity index (χ0) is 49.5. The maximum absolute atomic E-state index is 13.5. The van der Waals surface area contributed by atoms with E-state index in [0.29, 0.717) is 24.8 Å². The minimum Gasteiger partial charge on any atom is -0.507 e. The molecule has 3 N–H and O–H groups in total. The molecule has 0 saturated carbocycles. The second-order valence-corrected chi connectivity index (χ2v) is 23.0. The fraction of sp³-hybridized carbons (Fsp3) is 0.593. The van der Waals surface area contributed by atoms with Gasteiger partial charge >= 0.3 is 17.9 Å². The molecular weight excluding hydrogens is 825 g/mol. The van der Waals surface area contributed by atoms with Crippen LogP contribution in [0.1, 0.15) is 173 Å². The number of aryl methyl sites for hydroxylation is 4. The van der Waals surface area contributed by atoms with Gasteiger partial charge in [0.1, 0.15) is 49.1 Å². The second kappa shape index (κ2) is 21.1. The van der Waals surface area contributed by atoms with Crippen molar-refractivity contribution in [3.8, 4) is 17.2 Å². The van der Waals surface area contributed by atoms with Crippen LogP contribution in [-0.4, -0.2) is 66.1 Å². The molecule has 65 heavy (non-hydrogen) atoms. The Hall–Kier alpha value is -5.06. The van der Waals surface area contributed by atoms with E-state index in [0.717, 1.165) is 44.5 Å². The van der Waals surface area contributed by atoms with Crippen molar-refractivity contribution >= 4 is 24.4 Å². The van der Waals surface area contributed by atoms with Crippen molar-refractivity contribution < 1.29 is 53.4 Å². The molecule has 0 heterocycles. The van der Waals surface area contributed by atoms with E-state index in [1.54, 1.807) is 0 Å². The molecule has 3 aromatic carbocycles. The number of phenolic OH excluding ortho intramolecular Hbond substituents is 3. The first-order valence-corrected chi connectivity index (χ1v) is 22.8. The lowest BCUT2D eigenvalue weighted by Crippen LogP contribution is -2.43. The summed E-state index contributed by atoms with van der Waals surface area (Å²) in [5, 5.41) is 33.1. The highest BCUT2D eigenvalue weighted by atomic mass is 16.6. The molecule has 0 radical (unpaired) electrons. The number of hydrogen-bond acceptors (Lipinski definition) is 11. The number of carbonyl (C=O) groups excluding carboxylic acids is 4. The Morgan fingerprint density at radius 3 is 0.969 bits per heavy atom. The molecule has 3 aromatic rings. The Balaban J connectivity index is 1.88. The summed E-state index contributed by atoms with van der Waals surface area (Å²) < 4.78 is 22.7. The van der Waals surface area contributed by atoms with Crippen LogP contribution >= 0.6 is 0 Å². The molecule has 360 valence electrons. The van der Waals surface area contributed by atoms with Crippen molar-refractivity contribution in [2.75, 3.05) is 26.4 Å². The zero-order valence-electron chi connectivity index (χ0n) is 42.2. The van der Waals surface area contributed by atoms with Gasteiger partial charge in [-0.2, -0.15) is 0 Å². The van der Waals surface area contributed by atoms with E-state index in [1.165, 1.54) is 0 Å². The molecule has 0 bridgehead atoms. The topological polar surface area (TPSA) is 166 Å². The van der Waals surface area contributed by atoms with Gasteiger partial charge in [0, 0.05) is 19.3 Å². The smallest absolute Gasteiger partial charge is 0.306 e. The molecule has 0 fully saturated rings. The average molecular weight is 903 g/mol. The molecule has 0 aliphatic rings. The average Bonchev–Trinajstić information content (AvgIpc) is 3.17. The zero-order valence-corrected chi connectivity index (χ0v) is 42.2. The fourth-order valence-electron chi connectivity index (χ4n) is 7.65. The van der Waals surface area contributed by atoms with Crippen LogP contribution in [0.25, 0.3) is 0 Å². The highest BCUT2D eigenvalue weighted by molar-refractivity contribution is 5.71. The van der Waals surface area contributed by atoms with Crippen molar-refractivity contribution in [3.05, 3.63) is 86.5 Å². The predicted molar refractivity (Wildman–Crippen MR) is 255 cm³/mol. The summed E-state index contributed by atoms with van der Waals surface area (Å²) in [7, 11) is 0. The van der Waals surface area contributed by atoms with E-state index < -0.39 is 43.1 Å². The van der Waals surface area contributed by atoms with Crippen molar-refractivity contribution in [2.24, 2.45) is 5.41 Å². The fourth-order valence-corrected chi connectivity index (χ4v) is 7.65. The van der Waals surface area contributed by atoms with Crippen LogP contribution in [0.4, 0.5) is 0 Å². The van der Waals surface area contributed by atoms with Gasteiger partial charge in [-0.1, -0.05) is 140 Å². The van der Waals surface area contributed by atoms with E-state index >= 15 is 0 Å². The van der Waals surface area contributed by atoms with Crippen LogP contribution < -0.4 is 0 Å². The number of hydrogen-bond donors (Lipinski definition) is 3. The molecule has 0 aliphatic carbocycles. The molecule has 0 saturated heterocycles. The summed E-state index contributed by atoms with van der Waals surface area (Å²) in [6.45, 7) is 30.7. The maximum Gasteiger partial charge on any atom is 0.306 e. The molecule has 0 unspecified atom stereocenters. The Bertz CT molecular complexity index is 1990. The molecule has 0 amide bonds. The van der Waals surface area contributed by atoms with Gasteiger partial charge in [0.25, 0.3) is 6.47 Å². The van der Waals surface area contributed by atoms with Gasteiger partial charge in [-0.15, -0.1) is 0 Å². The maximum atomic E-state index is 13.5. The number of ether oxygens (including phenoxy) is 4. The first-order chi connectivity index (χ1) is 29.7. The quantitative estimate of drug-likeness (QED) is 0.0632. The number of benzene rings is 3. The summed E-state index contributed by atoms with van der Waals surface area (Å²) in [6, 6.07) is 11.4. The first kappa shape index (κ1) is 54.3. The van der Waals surface area contributed by atoms with Crippen LogP contribution in [-0.2, 0) is 84.5 Å². The standard InChI is InChI=1S/C54H78O11/c1-34-23-35(24-38(46(34)59)49(2,3)4)17-20-43(56)63-30-54(29-62-33-55,31-64-44(57)21-18-36-25-39(50(5,6)7)47(60)40(26-36)51(8,9)10)32-65-45(58)22-19-37-27-41(52(11,12)13)48(61)42(28-37)53(14,15)16/h23-28,33,59-61H,17-22,29-32H2,1-16H3. The van der Waals surface area contributed by atoms with Gasteiger partial charge in [0.15, 0.2) is 0 Å². The summed E-state index contributed by atoms with van der Waals surface area (Å²) in [4.78, 5) is 52.0. The Labute approximate surface area is 388 Å². The number of phenols is 3. The van der Waals surface area contributed by atoms with E-state index in [2.05, 4.69) is 0 Å². The summed E-state index contributed by atoms with van der Waals surface area (Å²) in [6.07, 6.45) is 0.880. The Kier molecular flexibility index (Phi) is 17.6. The van der Waals surface area contributed by atoms with Crippen molar-refractivity contribution in [3.63, 3.8) is 0 Å². The molecule has 0 spiro atoms. The van der Waals surface area contributed by atoms with Gasteiger partial charge in [-0.25, -0.2) is 0 Å². The molecule has 11 nitrogen and oxygen atoms in total. The normalized spacial score (nSPS) is 12.7. The highest BCUT2D eigenvalue weighted by Crippen LogP contribution is 2.42. The van der Waals surface area contributed by atoms with Crippen molar-refractivity contribution in [1.29, 1.82) is 0 Å². The number of esters is 3. The van der Waals surface area contributed by atoms with Gasteiger partial charge < -0.3 is 34.3 Å². The SMILES string of the molecule is Cc1cc(CCC(=O)OCC(COC=O)(COC(=O)CCc2cc(C(C)(C)C)c(O)c(C(C)(C)C)c2)COC(=O)CCc2cc(C(C)(C)C)c(O)c(C(C)(C)C)c2)cc(C(C)(C)C)c1O. The molecule has 0 aliphatic heterocycles. The predicted octanol–water partition coefficient (Wildman–Crippen LogP) is 10.6. The molecule has 3 rings (SSSR count). The minimum atomic E-state index is -1.45. The molecule has 0 aromatic heterocycles. The van der Waals surface area contributed by atoms with Gasteiger partial charge in [0.05, 0.1) is 0 Å². The van der Waals surface area contributed by atoms with E-state index in [4.69, 9.17) is 18.9 Å². The third-order valence-corrected chi connectivity index (χ3v) is 11.7. The largest absolute Gasteiger partial charge is 0.507 e. The van der Waals surface area contributed by atoms with Crippen LogP contribution in [0, 0.1) is 12.3 Å². The van der Waals surface area contributed by atoms with E-state index in [9.17, 15) is 34.5 Å². The van der Waals surface area contributed by atoms with Crippen LogP contribution in [0.2, 0.25) is 0 Å². The van der Waals surface area contributed by atoms with E-state index in [-0.39, 0.29) is 76.7 Å². The molecule has 11 heteroatoms. The Morgan fingerprint density at radius 1 is 0.446 bits per heavy atom. The summed E-state index contributed by atoms with van der Waals surface area (Å²) in [5.74, 6) is -1.03. The van der Waals surface area contributed by atoms with Crippen LogP contribution in [0.3, 0.4) is 0 Å². The second-order valence-electron chi connectivity index (χ2n) is 23.0. The number of carbonyl (C=O) groups is 4. The lowest BCUT2D eigenvalue weighted by atomic mass is 9.78. The first-order valence-electron chi connectivity index (χ1n) is 22.8. The third-order valence-electron chi connectivity index (χ3n) is 11.7. The van der Waals surface area contributed by atoms with Gasteiger partial charge in [-0.3, -0.25) is 19.2 Å². The molecule has 0 atom stereocenters. The van der Waals surface area contributed by atoms with Crippen LogP contribution in [0.15, 0.2) is 36.4 Å². The summed E-state index contributed by atoms with van der Waals surface area (Å²) >= 11 is 0.